The number of hydrogen-bond acceptors (Lipinski definition) is 6. The van der Waals surface area contributed by atoms with Crippen LogP contribution < -0.4 is 20.1 Å². The van der Waals surface area contributed by atoms with Crippen LogP contribution in [0.3, 0.4) is 0 Å². The fraction of sp³-hybridized carbons (Fsp3) is 0.389. The molecule has 7 heteroatoms. The number of nitrogens with zero attached hydrogens (tertiary/aromatic N) is 2. The summed E-state index contributed by atoms with van der Waals surface area (Å²) in [7, 11) is 1.63. The molecular formula is C18H24N4O3. The highest BCUT2D eigenvalue weighted by Crippen LogP contribution is 2.16. The first-order valence-electron chi connectivity index (χ1n) is 8.27. The van der Waals surface area contributed by atoms with Gasteiger partial charge in [0.15, 0.2) is 0 Å². The standard InChI is InChI=1S/C18H24N4O3/c1-4-9-20-18(23)16-12-17(22-13(2)21-16)19-10-11-25-15-7-5-14(24-3)6-8-15/h5-8,12H,4,9-11H2,1-3H3,(H,20,23)(H,19,21,22). The first kappa shape index (κ1) is 18.5. The summed E-state index contributed by atoms with van der Waals surface area (Å²) in [6.07, 6.45) is 0.879. The zero-order valence-electron chi connectivity index (χ0n) is 14.8. The Morgan fingerprint density at radius 2 is 1.84 bits per heavy atom. The van der Waals surface area contributed by atoms with Crippen molar-refractivity contribution in [2.24, 2.45) is 0 Å². The second kappa shape index (κ2) is 9.46. The van der Waals surface area contributed by atoms with Crippen molar-refractivity contribution in [3.05, 3.63) is 41.9 Å². The van der Waals surface area contributed by atoms with E-state index in [1.165, 1.54) is 0 Å². The molecule has 0 saturated heterocycles. The number of nitrogens with one attached hydrogen (secondary N) is 2. The summed E-state index contributed by atoms with van der Waals surface area (Å²) in [4.78, 5) is 20.5. The number of anilines is 1. The van der Waals surface area contributed by atoms with Gasteiger partial charge in [-0.1, -0.05) is 6.92 Å². The second-order valence-electron chi connectivity index (χ2n) is 5.39. The smallest absolute Gasteiger partial charge is 0.270 e. The monoisotopic (exact) mass is 344 g/mol. The third kappa shape index (κ3) is 5.95. The van der Waals surface area contributed by atoms with Crippen molar-refractivity contribution in [1.29, 1.82) is 0 Å². The molecule has 0 aliphatic rings. The lowest BCUT2D eigenvalue weighted by Gasteiger charge is -2.10. The van der Waals surface area contributed by atoms with Gasteiger partial charge in [-0.15, -0.1) is 0 Å². The SMILES string of the molecule is CCCNC(=O)c1cc(NCCOc2ccc(OC)cc2)nc(C)n1. The van der Waals surface area contributed by atoms with Crippen molar-refractivity contribution in [1.82, 2.24) is 15.3 Å². The minimum absolute atomic E-state index is 0.190. The molecule has 0 unspecified atom stereocenters. The van der Waals surface area contributed by atoms with Crippen molar-refractivity contribution in [3.8, 4) is 11.5 Å². The van der Waals surface area contributed by atoms with E-state index >= 15 is 0 Å². The van der Waals surface area contributed by atoms with Gasteiger partial charge in [0.1, 0.15) is 35.4 Å². The molecule has 1 amide bonds. The highest BCUT2D eigenvalue weighted by atomic mass is 16.5. The van der Waals surface area contributed by atoms with Gasteiger partial charge in [0.25, 0.3) is 5.91 Å². The first-order chi connectivity index (χ1) is 12.1. The van der Waals surface area contributed by atoms with Gasteiger partial charge in [-0.3, -0.25) is 4.79 Å². The number of methoxy groups -OCH3 is 1. The van der Waals surface area contributed by atoms with Crippen LogP contribution >= 0.6 is 0 Å². The number of carbonyl (C=O) groups excluding carboxylic acids is 1. The third-order valence-corrected chi connectivity index (χ3v) is 3.34. The topological polar surface area (TPSA) is 85.4 Å². The van der Waals surface area contributed by atoms with E-state index in [-0.39, 0.29) is 5.91 Å². The van der Waals surface area contributed by atoms with Gasteiger partial charge < -0.3 is 20.1 Å². The predicted octanol–water partition coefficient (Wildman–Crippen LogP) is 2.42. The number of amides is 1. The number of rotatable bonds is 9. The predicted molar refractivity (Wildman–Crippen MR) is 96.4 cm³/mol. The van der Waals surface area contributed by atoms with Crippen molar-refractivity contribution in [3.63, 3.8) is 0 Å². The maximum atomic E-state index is 12.0. The minimum Gasteiger partial charge on any atom is -0.497 e. The van der Waals surface area contributed by atoms with Gasteiger partial charge in [0.2, 0.25) is 0 Å². The second-order valence-corrected chi connectivity index (χ2v) is 5.39. The minimum atomic E-state index is -0.190. The number of aromatic nitrogens is 2. The Bertz CT molecular complexity index is 689. The average molecular weight is 344 g/mol. The summed E-state index contributed by atoms with van der Waals surface area (Å²) >= 11 is 0. The largest absolute Gasteiger partial charge is 0.497 e. The van der Waals surface area contributed by atoms with Crippen LogP contribution in [0.1, 0.15) is 29.7 Å². The van der Waals surface area contributed by atoms with Crippen LogP contribution in [0.15, 0.2) is 30.3 Å². The van der Waals surface area contributed by atoms with E-state index in [4.69, 9.17) is 9.47 Å². The maximum absolute atomic E-state index is 12.0. The average Bonchev–Trinajstić information content (AvgIpc) is 2.63. The molecule has 1 aromatic carbocycles. The molecule has 0 saturated carbocycles. The highest BCUT2D eigenvalue weighted by molar-refractivity contribution is 5.92. The Balaban J connectivity index is 1.85. The van der Waals surface area contributed by atoms with Crippen molar-refractivity contribution in [2.75, 3.05) is 32.1 Å². The van der Waals surface area contributed by atoms with Crippen LogP contribution in [0.5, 0.6) is 11.5 Å². The number of aryl methyl sites for hydroxylation is 1. The van der Waals surface area contributed by atoms with Gasteiger partial charge in [0.05, 0.1) is 13.7 Å². The van der Waals surface area contributed by atoms with E-state index in [9.17, 15) is 4.79 Å². The van der Waals surface area contributed by atoms with Gasteiger partial charge in [-0.05, 0) is 37.6 Å². The zero-order chi connectivity index (χ0) is 18.1. The molecule has 0 bridgehead atoms. The van der Waals surface area contributed by atoms with Crippen LogP contribution in [0.4, 0.5) is 5.82 Å². The van der Waals surface area contributed by atoms with Crippen LogP contribution in [0.25, 0.3) is 0 Å². The third-order valence-electron chi connectivity index (χ3n) is 3.34. The molecule has 0 atom stereocenters. The fourth-order valence-corrected chi connectivity index (χ4v) is 2.12. The van der Waals surface area contributed by atoms with Gasteiger partial charge in [0, 0.05) is 12.6 Å². The van der Waals surface area contributed by atoms with Crippen LogP contribution in [0, 0.1) is 6.92 Å². The Morgan fingerprint density at radius 3 is 2.52 bits per heavy atom. The molecule has 2 aromatic rings. The maximum Gasteiger partial charge on any atom is 0.270 e. The Labute approximate surface area is 147 Å². The van der Waals surface area contributed by atoms with Gasteiger partial charge in [-0.25, -0.2) is 9.97 Å². The fourth-order valence-electron chi connectivity index (χ4n) is 2.12. The van der Waals surface area contributed by atoms with Crippen LogP contribution in [-0.4, -0.2) is 42.7 Å². The number of hydrogen-bond donors (Lipinski definition) is 2. The van der Waals surface area contributed by atoms with Gasteiger partial charge in [-0.2, -0.15) is 0 Å². The summed E-state index contributed by atoms with van der Waals surface area (Å²) in [5, 5.41) is 5.96. The van der Waals surface area contributed by atoms with E-state index in [1.54, 1.807) is 20.1 Å². The molecule has 1 heterocycles. The van der Waals surface area contributed by atoms with Crippen molar-refractivity contribution >= 4 is 11.7 Å². The van der Waals surface area contributed by atoms with Crippen molar-refractivity contribution < 1.29 is 14.3 Å². The summed E-state index contributed by atoms with van der Waals surface area (Å²) in [5.74, 6) is 2.51. The number of carbonyl (C=O) groups is 1. The normalized spacial score (nSPS) is 10.2. The molecule has 134 valence electrons. The zero-order valence-corrected chi connectivity index (χ0v) is 14.8. The van der Waals surface area contributed by atoms with E-state index < -0.39 is 0 Å². The molecule has 2 rings (SSSR count). The number of benzene rings is 1. The lowest BCUT2D eigenvalue weighted by atomic mass is 10.3. The lowest BCUT2D eigenvalue weighted by molar-refractivity contribution is 0.0948. The van der Waals surface area contributed by atoms with E-state index in [1.807, 2.05) is 31.2 Å². The summed E-state index contributed by atoms with van der Waals surface area (Å²) in [6, 6.07) is 9.04. The van der Waals surface area contributed by atoms with Crippen LogP contribution in [-0.2, 0) is 0 Å². The van der Waals surface area contributed by atoms with E-state index in [0.29, 0.717) is 37.0 Å². The lowest BCUT2D eigenvalue weighted by Crippen LogP contribution is -2.25. The Hall–Kier alpha value is -2.83. The molecule has 0 aliphatic carbocycles. The molecular weight excluding hydrogens is 320 g/mol. The van der Waals surface area contributed by atoms with Gasteiger partial charge >= 0.3 is 0 Å². The summed E-state index contributed by atoms with van der Waals surface area (Å²) < 4.78 is 10.8. The Kier molecular flexibility index (Phi) is 7.00. The van der Waals surface area contributed by atoms with E-state index in [0.717, 1.165) is 17.9 Å². The molecule has 2 N–H and O–H groups in total. The summed E-state index contributed by atoms with van der Waals surface area (Å²) in [5.41, 5.74) is 0.361. The molecule has 0 aliphatic heterocycles. The molecule has 0 spiro atoms. The van der Waals surface area contributed by atoms with E-state index in [2.05, 4.69) is 20.6 Å². The molecule has 0 fully saturated rings. The molecule has 25 heavy (non-hydrogen) atoms. The molecule has 7 nitrogen and oxygen atoms in total. The highest BCUT2D eigenvalue weighted by Gasteiger charge is 2.09. The van der Waals surface area contributed by atoms with Crippen LogP contribution in [0.2, 0.25) is 0 Å². The quantitative estimate of drug-likeness (QED) is 0.680. The molecule has 1 aromatic heterocycles. The number of ether oxygens (including phenoxy) is 2. The Morgan fingerprint density at radius 1 is 1.12 bits per heavy atom. The summed E-state index contributed by atoms with van der Waals surface area (Å²) in [6.45, 7) is 5.41. The van der Waals surface area contributed by atoms with Crippen molar-refractivity contribution in [2.45, 2.75) is 20.3 Å². The molecule has 0 radical (unpaired) electrons. The first-order valence-corrected chi connectivity index (χ1v) is 8.27.